The van der Waals surface area contributed by atoms with Crippen molar-refractivity contribution < 1.29 is 14.2 Å². The molecule has 7 nitrogen and oxygen atoms in total. The van der Waals surface area contributed by atoms with E-state index in [1.807, 2.05) is 0 Å². The van der Waals surface area contributed by atoms with Crippen molar-refractivity contribution in [3.8, 4) is 0 Å². The number of guanidine groups is 1. The first-order chi connectivity index (χ1) is 12.7. The first-order valence-corrected chi connectivity index (χ1v) is 10.2. The van der Waals surface area contributed by atoms with Crippen molar-refractivity contribution in [3.05, 3.63) is 0 Å². The van der Waals surface area contributed by atoms with E-state index in [1.165, 1.54) is 0 Å². The van der Waals surface area contributed by atoms with Gasteiger partial charge in [-0.05, 0) is 25.7 Å². The van der Waals surface area contributed by atoms with Crippen LogP contribution < -0.4 is 10.6 Å². The molecular weight excluding hydrogens is 332 g/mol. The van der Waals surface area contributed by atoms with E-state index in [2.05, 4.69) is 36.3 Å². The number of rotatable bonds is 10. The molecule has 2 atom stereocenters. The van der Waals surface area contributed by atoms with Crippen LogP contribution in [0.4, 0.5) is 0 Å². The second kappa shape index (κ2) is 12.5. The van der Waals surface area contributed by atoms with Crippen LogP contribution in [0.5, 0.6) is 0 Å². The molecule has 152 valence electrons. The molecule has 2 N–H and O–H groups in total. The van der Waals surface area contributed by atoms with Gasteiger partial charge in [0.15, 0.2) is 5.96 Å². The lowest BCUT2D eigenvalue weighted by Crippen LogP contribution is -2.46. The molecule has 0 aromatic carbocycles. The highest BCUT2D eigenvalue weighted by atomic mass is 16.5. The minimum Gasteiger partial charge on any atom is -0.379 e. The molecule has 2 aliphatic heterocycles. The maximum atomic E-state index is 5.88. The van der Waals surface area contributed by atoms with Gasteiger partial charge in [-0.25, -0.2) is 0 Å². The quantitative estimate of drug-likeness (QED) is 0.341. The lowest BCUT2D eigenvalue weighted by molar-refractivity contribution is -0.0261. The largest absolute Gasteiger partial charge is 0.379 e. The summed E-state index contributed by atoms with van der Waals surface area (Å²) >= 11 is 0. The van der Waals surface area contributed by atoms with E-state index in [9.17, 15) is 0 Å². The maximum absolute atomic E-state index is 5.88. The fourth-order valence-corrected chi connectivity index (χ4v) is 3.28. The van der Waals surface area contributed by atoms with Crippen LogP contribution >= 0.6 is 0 Å². The third-order valence-electron chi connectivity index (χ3n) is 4.50. The average molecular weight is 371 g/mol. The Hall–Kier alpha value is -0.890. The van der Waals surface area contributed by atoms with Crippen molar-refractivity contribution >= 4 is 5.96 Å². The Kier molecular flexibility index (Phi) is 10.3. The van der Waals surface area contributed by atoms with Crippen molar-refractivity contribution in [2.45, 2.75) is 45.8 Å². The minimum atomic E-state index is 0.184. The van der Waals surface area contributed by atoms with Gasteiger partial charge in [-0.3, -0.25) is 9.89 Å². The molecule has 2 saturated heterocycles. The van der Waals surface area contributed by atoms with Crippen LogP contribution in [-0.2, 0) is 14.2 Å². The average Bonchev–Trinajstić information content (AvgIpc) is 3.12. The van der Waals surface area contributed by atoms with Gasteiger partial charge in [0.05, 0.1) is 32.0 Å². The number of nitrogens with zero attached hydrogens (tertiary/aromatic N) is 2. The van der Waals surface area contributed by atoms with Crippen LogP contribution in [-0.4, -0.2) is 88.8 Å². The third kappa shape index (κ3) is 8.66. The molecule has 2 aliphatic rings. The Balaban J connectivity index is 1.64. The van der Waals surface area contributed by atoms with Crippen LogP contribution in [0.25, 0.3) is 0 Å². The van der Waals surface area contributed by atoms with Gasteiger partial charge < -0.3 is 24.8 Å². The summed E-state index contributed by atoms with van der Waals surface area (Å²) in [7, 11) is 0. The number of hydrogen-bond acceptors (Lipinski definition) is 5. The lowest BCUT2D eigenvalue weighted by atomic mass is 10.2. The molecular formula is C19H38N4O3. The van der Waals surface area contributed by atoms with Gasteiger partial charge in [-0.15, -0.1) is 0 Å². The summed E-state index contributed by atoms with van der Waals surface area (Å²) in [6.45, 7) is 15.3. The Bertz CT molecular complexity index is 400. The molecule has 2 unspecified atom stereocenters. The molecule has 0 aromatic heterocycles. The van der Waals surface area contributed by atoms with E-state index in [4.69, 9.17) is 19.2 Å². The van der Waals surface area contributed by atoms with E-state index in [-0.39, 0.29) is 12.2 Å². The van der Waals surface area contributed by atoms with Crippen LogP contribution in [0.15, 0.2) is 4.99 Å². The van der Waals surface area contributed by atoms with Crippen LogP contribution in [0.1, 0.15) is 33.6 Å². The van der Waals surface area contributed by atoms with Crippen LogP contribution in [0, 0.1) is 5.92 Å². The number of nitrogens with one attached hydrogen (secondary N) is 2. The molecule has 26 heavy (non-hydrogen) atoms. The molecule has 2 rings (SSSR count). The summed E-state index contributed by atoms with van der Waals surface area (Å²) in [4.78, 5) is 7.19. The summed E-state index contributed by atoms with van der Waals surface area (Å²) in [5, 5.41) is 6.69. The fourth-order valence-electron chi connectivity index (χ4n) is 3.28. The standard InChI is InChI=1S/C19H38N4O3/c1-4-20-19(21-7-5-9-25-17-6-10-24-15-17)22-12-18-14-23(8-11-26-18)13-16(2)3/h16-18H,4-15H2,1-3H3,(H2,20,21,22). The highest BCUT2D eigenvalue weighted by molar-refractivity contribution is 5.79. The normalized spacial score (nSPS) is 25.0. The Labute approximate surface area is 158 Å². The van der Waals surface area contributed by atoms with Gasteiger partial charge in [0.2, 0.25) is 0 Å². The third-order valence-corrected chi connectivity index (χ3v) is 4.50. The minimum absolute atomic E-state index is 0.184. The lowest BCUT2D eigenvalue weighted by Gasteiger charge is -2.33. The van der Waals surface area contributed by atoms with Crippen molar-refractivity contribution in [3.63, 3.8) is 0 Å². The van der Waals surface area contributed by atoms with Gasteiger partial charge in [-0.1, -0.05) is 13.8 Å². The summed E-state index contributed by atoms with van der Waals surface area (Å²) in [5.74, 6) is 1.55. The predicted octanol–water partition coefficient (Wildman–Crippen LogP) is 1.09. The number of hydrogen-bond donors (Lipinski definition) is 2. The smallest absolute Gasteiger partial charge is 0.191 e. The Morgan fingerprint density at radius 2 is 2.19 bits per heavy atom. The zero-order valence-electron chi connectivity index (χ0n) is 16.8. The van der Waals surface area contributed by atoms with E-state index in [1.54, 1.807) is 0 Å². The second-order valence-corrected chi connectivity index (χ2v) is 7.50. The first-order valence-electron chi connectivity index (χ1n) is 10.2. The fraction of sp³-hybridized carbons (Fsp3) is 0.947. The van der Waals surface area contributed by atoms with Gasteiger partial charge in [0, 0.05) is 45.9 Å². The zero-order chi connectivity index (χ0) is 18.6. The monoisotopic (exact) mass is 370 g/mol. The summed E-state index contributed by atoms with van der Waals surface area (Å²) < 4.78 is 17.0. The van der Waals surface area contributed by atoms with Gasteiger partial charge in [0.1, 0.15) is 0 Å². The van der Waals surface area contributed by atoms with Gasteiger partial charge in [0.25, 0.3) is 0 Å². The van der Waals surface area contributed by atoms with Crippen LogP contribution in [0.2, 0.25) is 0 Å². The highest BCUT2D eigenvalue weighted by Crippen LogP contribution is 2.09. The summed E-state index contributed by atoms with van der Waals surface area (Å²) in [5.41, 5.74) is 0. The topological polar surface area (TPSA) is 67.4 Å². The summed E-state index contributed by atoms with van der Waals surface area (Å²) in [6.07, 6.45) is 2.45. The maximum Gasteiger partial charge on any atom is 0.191 e. The van der Waals surface area contributed by atoms with Gasteiger partial charge in [-0.2, -0.15) is 0 Å². The first kappa shape index (κ1) is 21.4. The Morgan fingerprint density at radius 1 is 1.31 bits per heavy atom. The number of aliphatic imine (C=N–C) groups is 1. The summed E-state index contributed by atoms with van der Waals surface area (Å²) in [6, 6.07) is 0. The van der Waals surface area contributed by atoms with Crippen molar-refractivity contribution in [2.75, 3.05) is 65.7 Å². The second-order valence-electron chi connectivity index (χ2n) is 7.50. The Morgan fingerprint density at radius 3 is 2.92 bits per heavy atom. The highest BCUT2D eigenvalue weighted by Gasteiger charge is 2.20. The molecule has 0 aliphatic carbocycles. The molecule has 0 radical (unpaired) electrons. The zero-order valence-corrected chi connectivity index (χ0v) is 16.8. The van der Waals surface area contributed by atoms with E-state index >= 15 is 0 Å². The number of morpholine rings is 1. The molecule has 2 fully saturated rings. The van der Waals surface area contributed by atoms with E-state index in [0.29, 0.717) is 12.5 Å². The molecule has 0 bridgehead atoms. The number of ether oxygens (including phenoxy) is 3. The molecule has 0 aromatic rings. The van der Waals surface area contributed by atoms with Crippen molar-refractivity contribution in [2.24, 2.45) is 10.9 Å². The SMILES string of the molecule is CCNC(=NCC1CN(CC(C)C)CCO1)NCCCOC1CCOC1. The van der Waals surface area contributed by atoms with E-state index < -0.39 is 0 Å². The predicted molar refractivity (Wildman–Crippen MR) is 105 cm³/mol. The van der Waals surface area contributed by atoms with Crippen molar-refractivity contribution in [1.82, 2.24) is 15.5 Å². The molecule has 0 saturated carbocycles. The van der Waals surface area contributed by atoms with Crippen molar-refractivity contribution in [1.29, 1.82) is 0 Å². The molecule has 0 amide bonds. The molecule has 7 heteroatoms. The van der Waals surface area contributed by atoms with Gasteiger partial charge >= 0.3 is 0 Å². The molecule has 0 spiro atoms. The van der Waals surface area contributed by atoms with Crippen LogP contribution in [0.3, 0.4) is 0 Å². The molecule has 2 heterocycles. The van der Waals surface area contributed by atoms with E-state index in [0.717, 1.165) is 78.0 Å².